The lowest BCUT2D eigenvalue weighted by Crippen LogP contribution is -2.07. The molecule has 0 heterocycles. The van der Waals surface area contributed by atoms with E-state index in [1.54, 1.807) is 6.07 Å². The van der Waals surface area contributed by atoms with Crippen molar-refractivity contribution in [3.8, 4) is 0 Å². The minimum Gasteiger partial charge on any atom is -0.298 e. The van der Waals surface area contributed by atoms with Gasteiger partial charge in [0, 0.05) is 10.8 Å². The molecule has 1 unspecified atom stereocenters. The molecule has 1 rings (SSSR count). The molecule has 100 valence electrons. The van der Waals surface area contributed by atoms with Crippen molar-refractivity contribution >= 4 is 45.1 Å². The molecular weight excluding hydrogens is 353 g/mol. The number of thioether (sulfide) groups is 1. The summed E-state index contributed by atoms with van der Waals surface area (Å²) in [6, 6.07) is 4.43. The van der Waals surface area contributed by atoms with Gasteiger partial charge in [0.2, 0.25) is 0 Å². The summed E-state index contributed by atoms with van der Waals surface area (Å²) in [7, 11) is 0. The molecule has 1 aromatic rings. The molecule has 0 N–H and O–H groups in total. The number of halogens is 5. The highest BCUT2D eigenvalue weighted by Crippen LogP contribution is 2.41. The maximum absolute atomic E-state index is 12.4. The minimum atomic E-state index is -4.38. The van der Waals surface area contributed by atoms with E-state index in [1.165, 1.54) is 19.1 Å². The van der Waals surface area contributed by atoms with Gasteiger partial charge in [-0.05, 0) is 35.9 Å². The van der Waals surface area contributed by atoms with Crippen molar-refractivity contribution in [2.24, 2.45) is 0 Å². The Morgan fingerprint density at radius 2 is 2.11 bits per heavy atom. The Hall–Kier alpha value is -0.200. The molecule has 0 saturated heterocycles. The maximum Gasteiger partial charge on any atom is 0.446 e. The Kier molecular flexibility index (Phi) is 5.55. The van der Waals surface area contributed by atoms with E-state index < -0.39 is 10.3 Å². The minimum absolute atomic E-state index is 0.0284. The van der Waals surface area contributed by atoms with Crippen molar-refractivity contribution in [3.05, 3.63) is 29.3 Å². The van der Waals surface area contributed by atoms with Crippen LogP contribution in [0, 0.1) is 0 Å². The van der Waals surface area contributed by atoms with Gasteiger partial charge < -0.3 is 0 Å². The molecule has 0 spiro atoms. The third-order valence-corrected chi connectivity index (χ3v) is 4.40. The lowest BCUT2D eigenvalue weighted by Gasteiger charge is -2.16. The highest BCUT2D eigenvalue weighted by molar-refractivity contribution is 9.09. The molecule has 0 fully saturated rings. The molecule has 1 aromatic carbocycles. The van der Waals surface area contributed by atoms with Crippen LogP contribution in [-0.4, -0.2) is 11.3 Å². The van der Waals surface area contributed by atoms with Gasteiger partial charge in [0.1, 0.15) is 5.78 Å². The molecular formula is C11H9BrClF3OS. The van der Waals surface area contributed by atoms with E-state index in [-0.39, 0.29) is 28.3 Å². The zero-order valence-electron chi connectivity index (χ0n) is 9.22. The standard InChI is InChI=1S/C11H9BrClF3OS/c1-6(17)10(12)7-3-2-4-9(8(7)5-13)18-11(14,15)16/h2-4,10H,5H2,1H3. The number of benzene rings is 1. The summed E-state index contributed by atoms with van der Waals surface area (Å²) in [6.45, 7) is 1.36. The topological polar surface area (TPSA) is 17.1 Å². The zero-order chi connectivity index (χ0) is 13.9. The van der Waals surface area contributed by atoms with Gasteiger partial charge in [-0.3, -0.25) is 4.79 Å². The number of hydrogen-bond acceptors (Lipinski definition) is 2. The van der Waals surface area contributed by atoms with Gasteiger partial charge in [0.15, 0.2) is 0 Å². The lowest BCUT2D eigenvalue weighted by atomic mass is 10.0. The zero-order valence-corrected chi connectivity index (χ0v) is 12.4. The third-order valence-electron chi connectivity index (χ3n) is 2.16. The molecule has 0 aliphatic carbocycles. The van der Waals surface area contributed by atoms with Gasteiger partial charge in [-0.1, -0.05) is 28.1 Å². The van der Waals surface area contributed by atoms with Gasteiger partial charge >= 0.3 is 5.51 Å². The number of Topliss-reactive ketones (excluding diaryl/α,β-unsaturated/α-hetero) is 1. The van der Waals surface area contributed by atoms with Crippen LogP contribution in [0.5, 0.6) is 0 Å². The van der Waals surface area contributed by atoms with E-state index in [2.05, 4.69) is 15.9 Å². The average Bonchev–Trinajstić information content (AvgIpc) is 2.25. The molecule has 0 aromatic heterocycles. The second kappa shape index (κ2) is 6.30. The highest BCUT2D eigenvalue weighted by atomic mass is 79.9. The van der Waals surface area contributed by atoms with Crippen LogP contribution < -0.4 is 0 Å². The summed E-state index contributed by atoms with van der Waals surface area (Å²) in [6.07, 6.45) is 0. The van der Waals surface area contributed by atoms with Gasteiger partial charge in [0.05, 0.1) is 4.83 Å². The van der Waals surface area contributed by atoms with Crippen molar-refractivity contribution in [2.45, 2.75) is 28.0 Å². The molecule has 7 heteroatoms. The summed E-state index contributed by atoms with van der Waals surface area (Å²) in [5, 5.41) is 0. The van der Waals surface area contributed by atoms with Gasteiger partial charge in [0.25, 0.3) is 0 Å². The monoisotopic (exact) mass is 360 g/mol. The third kappa shape index (κ3) is 4.17. The molecule has 0 saturated carbocycles. The first kappa shape index (κ1) is 15.9. The predicted octanol–water partition coefficient (Wildman–Crippen LogP) is 5.06. The van der Waals surface area contributed by atoms with E-state index in [1.807, 2.05) is 0 Å². The SMILES string of the molecule is CC(=O)C(Br)c1cccc(SC(F)(F)F)c1CCl. The van der Waals surface area contributed by atoms with Crippen molar-refractivity contribution in [2.75, 3.05) is 0 Å². The first-order chi connectivity index (χ1) is 8.26. The van der Waals surface area contributed by atoms with Crippen LogP contribution in [0.4, 0.5) is 13.2 Å². The van der Waals surface area contributed by atoms with Crippen LogP contribution in [0.25, 0.3) is 0 Å². The van der Waals surface area contributed by atoms with Gasteiger partial charge in [-0.2, -0.15) is 13.2 Å². The molecule has 1 atom stereocenters. The summed E-state index contributed by atoms with van der Waals surface area (Å²) < 4.78 is 37.2. The van der Waals surface area contributed by atoms with Crippen LogP contribution in [-0.2, 0) is 10.7 Å². The van der Waals surface area contributed by atoms with Crippen LogP contribution in [0.2, 0.25) is 0 Å². The number of carbonyl (C=O) groups excluding carboxylic acids is 1. The number of carbonyl (C=O) groups is 1. The first-order valence-electron chi connectivity index (χ1n) is 4.84. The second-order valence-electron chi connectivity index (χ2n) is 3.48. The highest BCUT2D eigenvalue weighted by Gasteiger charge is 2.31. The molecule has 1 nitrogen and oxygen atoms in total. The smallest absolute Gasteiger partial charge is 0.298 e. The molecule has 18 heavy (non-hydrogen) atoms. The maximum atomic E-state index is 12.4. The van der Waals surface area contributed by atoms with Crippen molar-refractivity contribution in [1.82, 2.24) is 0 Å². The van der Waals surface area contributed by atoms with E-state index in [4.69, 9.17) is 11.6 Å². The number of rotatable bonds is 4. The predicted molar refractivity (Wildman–Crippen MR) is 70.3 cm³/mol. The molecule has 0 bridgehead atoms. The molecule has 0 aliphatic heterocycles. The fourth-order valence-electron chi connectivity index (χ4n) is 1.40. The van der Waals surface area contributed by atoms with E-state index in [9.17, 15) is 18.0 Å². The summed E-state index contributed by atoms with van der Waals surface area (Å²) in [4.78, 5) is 10.7. The first-order valence-corrected chi connectivity index (χ1v) is 7.11. The summed E-state index contributed by atoms with van der Waals surface area (Å²) in [5.74, 6) is -0.264. The Labute approximate surface area is 120 Å². The van der Waals surface area contributed by atoms with E-state index in [0.29, 0.717) is 11.1 Å². The van der Waals surface area contributed by atoms with Crippen molar-refractivity contribution < 1.29 is 18.0 Å². The van der Waals surface area contributed by atoms with Gasteiger partial charge in [-0.15, -0.1) is 11.6 Å². The van der Waals surface area contributed by atoms with E-state index >= 15 is 0 Å². The Balaban J connectivity index is 3.22. The quantitative estimate of drug-likeness (QED) is 0.550. The fraction of sp³-hybridized carbons (Fsp3) is 0.364. The average molecular weight is 362 g/mol. The normalized spacial score (nSPS) is 13.4. The van der Waals surface area contributed by atoms with Crippen LogP contribution in [0.3, 0.4) is 0 Å². The van der Waals surface area contributed by atoms with Crippen LogP contribution >= 0.6 is 39.3 Å². The van der Waals surface area contributed by atoms with E-state index in [0.717, 1.165) is 0 Å². The van der Waals surface area contributed by atoms with Gasteiger partial charge in [-0.25, -0.2) is 0 Å². The summed E-state index contributed by atoms with van der Waals surface area (Å²) in [5.41, 5.74) is -3.57. The Bertz CT molecular complexity index is 450. The van der Waals surface area contributed by atoms with Crippen LogP contribution in [0.1, 0.15) is 22.9 Å². The van der Waals surface area contributed by atoms with Crippen molar-refractivity contribution in [1.29, 1.82) is 0 Å². The summed E-state index contributed by atoms with van der Waals surface area (Å²) >= 11 is 8.64. The Morgan fingerprint density at radius 1 is 1.50 bits per heavy atom. The molecule has 0 amide bonds. The second-order valence-corrected chi connectivity index (χ2v) is 5.77. The number of hydrogen-bond donors (Lipinski definition) is 0. The largest absolute Gasteiger partial charge is 0.446 e. The lowest BCUT2D eigenvalue weighted by molar-refractivity contribution is -0.116. The van der Waals surface area contributed by atoms with Crippen LogP contribution in [0.15, 0.2) is 23.1 Å². The number of alkyl halides is 5. The fourth-order valence-corrected chi connectivity index (χ4v) is 2.92. The Morgan fingerprint density at radius 3 is 2.56 bits per heavy atom. The van der Waals surface area contributed by atoms with Crippen molar-refractivity contribution in [3.63, 3.8) is 0 Å². The number of ketones is 1. The molecule has 0 aliphatic rings. The molecule has 0 radical (unpaired) electrons.